The number of piperidine rings is 1. The van der Waals surface area contributed by atoms with Crippen LogP contribution in [0.1, 0.15) is 24.0 Å². The highest BCUT2D eigenvalue weighted by Gasteiger charge is 2.21. The molecular weight excluding hydrogens is 226 g/mol. The van der Waals surface area contributed by atoms with Gasteiger partial charge in [0.1, 0.15) is 13.2 Å². The van der Waals surface area contributed by atoms with Crippen LogP contribution in [0, 0.1) is 12.8 Å². The lowest BCUT2D eigenvalue weighted by molar-refractivity contribution is 0.168. The van der Waals surface area contributed by atoms with E-state index in [0.717, 1.165) is 30.4 Å². The lowest BCUT2D eigenvalue weighted by atomic mass is 9.91. The Hall–Kier alpha value is -1.22. The summed E-state index contributed by atoms with van der Waals surface area (Å²) in [7, 11) is 0. The van der Waals surface area contributed by atoms with Gasteiger partial charge in [-0.25, -0.2) is 0 Å². The van der Waals surface area contributed by atoms with E-state index in [9.17, 15) is 0 Å². The van der Waals surface area contributed by atoms with E-state index < -0.39 is 0 Å². The average Bonchev–Trinajstić information content (AvgIpc) is 2.44. The Labute approximate surface area is 108 Å². The normalized spacial score (nSPS) is 22.8. The molecule has 2 heterocycles. The number of hydrogen-bond donors (Lipinski definition) is 1. The fourth-order valence-electron chi connectivity index (χ4n) is 2.90. The lowest BCUT2D eigenvalue weighted by Crippen LogP contribution is -2.31. The minimum atomic E-state index is 0.669. The molecule has 2 aliphatic rings. The van der Waals surface area contributed by atoms with Crippen molar-refractivity contribution < 1.29 is 9.47 Å². The average molecular weight is 247 g/mol. The molecule has 3 heteroatoms. The first kappa shape index (κ1) is 11.8. The van der Waals surface area contributed by atoms with Crippen molar-refractivity contribution in [2.45, 2.75) is 26.2 Å². The molecule has 0 saturated carbocycles. The van der Waals surface area contributed by atoms with E-state index in [1.807, 2.05) is 0 Å². The molecular formula is C15H21NO2. The highest BCUT2D eigenvalue weighted by Crippen LogP contribution is 2.38. The first-order valence-electron chi connectivity index (χ1n) is 6.93. The van der Waals surface area contributed by atoms with Crippen LogP contribution in [-0.4, -0.2) is 26.3 Å². The van der Waals surface area contributed by atoms with Gasteiger partial charge in [0.25, 0.3) is 0 Å². The van der Waals surface area contributed by atoms with Gasteiger partial charge in [0.2, 0.25) is 0 Å². The first-order chi connectivity index (χ1) is 8.84. The molecule has 0 amide bonds. The molecule has 1 unspecified atom stereocenters. The molecule has 18 heavy (non-hydrogen) atoms. The maximum atomic E-state index is 5.83. The first-order valence-corrected chi connectivity index (χ1v) is 6.93. The molecule has 1 aromatic carbocycles. The van der Waals surface area contributed by atoms with Crippen molar-refractivity contribution in [3.63, 3.8) is 0 Å². The lowest BCUT2D eigenvalue weighted by Gasteiger charge is -2.26. The zero-order valence-electron chi connectivity index (χ0n) is 11.0. The third-order valence-corrected chi connectivity index (χ3v) is 3.87. The van der Waals surface area contributed by atoms with Gasteiger partial charge in [0, 0.05) is 0 Å². The van der Waals surface area contributed by atoms with E-state index >= 15 is 0 Å². The molecule has 1 atom stereocenters. The largest absolute Gasteiger partial charge is 0.486 e. The van der Waals surface area contributed by atoms with Crippen molar-refractivity contribution in [2.75, 3.05) is 26.3 Å². The van der Waals surface area contributed by atoms with E-state index in [1.165, 1.54) is 30.5 Å². The molecule has 0 radical (unpaired) electrons. The molecule has 0 spiro atoms. The molecule has 2 aliphatic heterocycles. The maximum absolute atomic E-state index is 5.83. The van der Waals surface area contributed by atoms with Gasteiger partial charge in [-0.1, -0.05) is 12.1 Å². The Morgan fingerprint density at radius 2 is 2.06 bits per heavy atom. The number of aryl methyl sites for hydroxylation is 1. The van der Waals surface area contributed by atoms with Crippen molar-refractivity contribution >= 4 is 0 Å². The second-order valence-corrected chi connectivity index (χ2v) is 5.31. The summed E-state index contributed by atoms with van der Waals surface area (Å²) in [6.07, 6.45) is 3.70. The van der Waals surface area contributed by atoms with Gasteiger partial charge in [0.05, 0.1) is 0 Å². The SMILES string of the molecule is Cc1ccc(CC2CCCNC2)c2c1OCCO2. The third kappa shape index (κ3) is 2.32. The highest BCUT2D eigenvalue weighted by molar-refractivity contribution is 5.52. The van der Waals surface area contributed by atoms with Crippen LogP contribution in [0.15, 0.2) is 12.1 Å². The Morgan fingerprint density at radius 1 is 1.22 bits per heavy atom. The summed E-state index contributed by atoms with van der Waals surface area (Å²) in [5, 5.41) is 3.47. The topological polar surface area (TPSA) is 30.5 Å². The summed E-state index contributed by atoms with van der Waals surface area (Å²) in [4.78, 5) is 0. The van der Waals surface area contributed by atoms with Crippen LogP contribution in [0.25, 0.3) is 0 Å². The van der Waals surface area contributed by atoms with Crippen LogP contribution in [0.2, 0.25) is 0 Å². The van der Waals surface area contributed by atoms with Gasteiger partial charge >= 0.3 is 0 Å². The monoisotopic (exact) mass is 247 g/mol. The minimum Gasteiger partial charge on any atom is -0.486 e. The standard InChI is InChI=1S/C15H21NO2/c1-11-4-5-13(9-12-3-2-6-16-10-12)15-14(11)17-7-8-18-15/h4-5,12,16H,2-3,6-10H2,1H3. The maximum Gasteiger partial charge on any atom is 0.164 e. The minimum absolute atomic E-state index is 0.669. The molecule has 0 aromatic heterocycles. The van der Waals surface area contributed by atoms with Crippen molar-refractivity contribution in [3.05, 3.63) is 23.3 Å². The molecule has 0 aliphatic carbocycles. The van der Waals surface area contributed by atoms with Crippen molar-refractivity contribution in [1.29, 1.82) is 0 Å². The number of nitrogens with one attached hydrogen (secondary N) is 1. The van der Waals surface area contributed by atoms with Crippen LogP contribution in [0.4, 0.5) is 0 Å². The predicted octanol–water partition coefficient (Wildman–Crippen LogP) is 2.31. The van der Waals surface area contributed by atoms with Gasteiger partial charge in [-0.3, -0.25) is 0 Å². The smallest absolute Gasteiger partial charge is 0.164 e. The fraction of sp³-hybridized carbons (Fsp3) is 0.600. The number of ether oxygens (including phenoxy) is 2. The van der Waals surface area contributed by atoms with Crippen LogP contribution < -0.4 is 14.8 Å². The third-order valence-electron chi connectivity index (χ3n) is 3.87. The van der Waals surface area contributed by atoms with Crippen molar-refractivity contribution in [2.24, 2.45) is 5.92 Å². The molecule has 1 aromatic rings. The Morgan fingerprint density at radius 3 is 2.83 bits per heavy atom. The van der Waals surface area contributed by atoms with E-state index in [0.29, 0.717) is 13.2 Å². The zero-order chi connectivity index (χ0) is 12.4. The summed E-state index contributed by atoms with van der Waals surface area (Å²) < 4.78 is 11.6. The van der Waals surface area contributed by atoms with Crippen LogP contribution in [0.3, 0.4) is 0 Å². The Balaban J connectivity index is 1.82. The van der Waals surface area contributed by atoms with E-state index in [2.05, 4.69) is 24.4 Å². The summed E-state index contributed by atoms with van der Waals surface area (Å²) in [6.45, 7) is 5.72. The summed E-state index contributed by atoms with van der Waals surface area (Å²) >= 11 is 0. The summed E-state index contributed by atoms with van der Waals surface area (Å²) in [5.74, 6) is 2.69. The quantitative estimate of drug-likeness (QED) is 0.870. The van der Waals surface area contributed by atoms with Crippen molar-refractivity contribution in [1.82, 2.24) is 5.32 Å². The zero-order valence-corrected chi connectivity index (χ0v) is 11.0. The summed E-state index contributed by atoms with van der Waals surface area (Å²) in [6, 6.07) is 4.36. The van der Waals surface area contributed by atoms with Crippen LogP contribution in [-0.2, 0) is 6.42 Å². The number of hydrogen-bond acceptors (Lipinski definition) is 3. The molecule has 0 bridgehead atoms. The Bertz CT molecular complexity index is 425. The number of fused-ring (bicyclic) bond motifs is 1. The molecule has 3 nitrogen and oxygen atoms in total. The molecule has 3 rings (SSSR count). The van der Waals surface area contributed by atoms with Crippen LogP contribution >= 0.6 is 0 Å². The molecule has 1 saturated heterocycles. The molecule has 1 N–H and O–H groups in total. The Kier molecular flexibility index (Phi) is 3.41. The highest BCUT2D eigenvalue weighted by atomic mass is 16.6. The van der Waals surface area contributed by atoms with Crippen LogP contribution in [0.5, 0.6) is 11.5 Å². The fourth-order valence-corrected chi connectivity index (χ4v) is 2.90. The van der Waals surface area contributed by atoms with E-state index in [1.54, 1.807) is 0 Å². The number of rotatable bonds is 2. The van der Waals surface area contributed by atoms with Gasteiger partial charge in [0.15, 0.2) is 11.5 Å². The number of benzene rings is 1. The van der Waals surface area contributed by atoms with Gasteiger partial charge in [-0.05, 0) is 56.3 Å². The predicted molar refractivity (Wildman–Crippen MR) is 71.5 cm³/mol. The van der Waals surface area contributed by atoms with Gasteiger partial charge in [-0.15, -0.1) is 0 Å². The van der Waals surface area contributed by atoms with Gasteiger partial charge < -0.3 is 14.8 Å². The summed E-state index contributed by atoms with van der Waals surface area (Å²) in [5.41, 5.74) is 2.49. The van der Waals surface area contributed by atoms with E-state index in [-0.39, 0.29) is 0 Å². The molecule has 98 valence electrons. The molecule has 1 fully saturated rings. The van der Waals surface area contributed by atoms with Crippen molar-refractivity contribution in [3.8, 4) is 11.5 Å². The van der Waals surface area contributed by atoms with E-state index in [4.69, 9.17) is 9.47 Å². The van der Waals surface area contributed by atoms with Gasteiger partial charge in [-0.2, -0.15) is 0 Å². The second-order valence-electron chi connectivity index (χ2n) is 5.31. The second kappa shape index (κ2) is 5.19.